The first kappa shape index (κ1) is 10.2. The van der Waals surface area contributed by atoms with Gasteiger partial charge in [0, 0.05) is 0 Å². The molecule has 0 fully saturated rings. The number of fused-ring (bicyclic) bond motifs is 1. The third kappa shape index (κ3) is 1.75. The maximum Gasteiger partial charge on any atom is 0.0687 e. The number of aliphatic hydroxyl groups is 1. The normalized spacial score (nSPS) is 11.2. The van der Waals surface area contributed by atoms with Crippen molar-refractivity contribution in [2.75, 3.05) is 0 Å². The van der Waals surface area contributed by atoms with Gasteiger partial charge in [-0.1, -0.05) is 50.2 Å². The van der Waals surface area contributed by atoms with E-state index in [0.29, 0.717) is 5.92 Å². The Morgan fingerprint density at radius 2 is 1.73 bits per heavy atom. The van der Waals surface area contributed by atoms with Gasteiger partial charge in [-0.2, -0.15) is 0 Å². The Bertz CT molecular complexity index is 466. The monoisotopic (exact) mass is 200 g/mol. The molecule has 0 saturated heterocycles. The van der Waals surface area contributed by atoms with Crippen molar-refractivity contribution < 1.29 is 5.11 Å². The van der Waals surface area contributed by atoms with Crippen molar-refractivity contribution in [3.05, 3.63) is 47.5 Å². The Morgan fingerprint density at radius 3 is 2.33 bits per heavy atom. The highest BCUT2D eigenvalue weighted by Crippen LogP contribution is 2.28. The molecule has 0 unspecified atom stereocenters. The highest BCUT2D eigenvalue weighted by atomic mass is 16.3. The molecular weight excluding hydrogens is 184 g/mol. The maximum absolute atomic E-state index is 9.34. The van der Waals surface area contributed by atoms with Crippen molar-refractivity contribution in [2.24, 2.45) is 0 Å². The highest BCUT2D eigenvalue weighted by Gasteiger charge is 2.07. The first-order chi connectivity index (χ1) is 7.24. The van der Waals surface area contributed by atoms with Crippen molar-refractivity contribution in [2.45, 2.75) is 26.4 Å². The molecule has 1 N–H and O–H groups in total. The first-order valence-electron chi connectivity index (χ1n) is 5.35. The Labute approximate surface area is 90.4 Å². The van der Waals surface area contributed by atoms with Gasteiger partial charge in [0.2, 0.25) is 0 Å². The van der Waals surface area contributed by atoms with Crippen molar-refractivity contribution in [3.8, 4) is 0 Å². The lowest BCUT2D eigenvalue weighted by Crippen LogP contribution is -1.94. The molecule has 0 atom stereocenters. The van der Waals surface area contributed by atoms with Gasteiger partial charge in [0.25, 0.3) is 0 Å². The van der Waals surface area contributed by atoms with Crippen LogP contribution in [0.4, 0.5) is 0 Å². The third-order valence-electron chi connectivity index (χ3n) is 2.82. The van der Waals surface area contributed by atoms with Crippen LogP contribution in [-0.4, -0.2) is 5.11 Å². The van der Waals surface area contributed by atoms with E-state index >= 15 is 0 Å². The smallest absolute Gasteiger partial charge is 0.0687 e. The van der Waals surface area contributed by atoms with E-state index in [0.717, 1.165) is 5.56 Å². The van der Waals surface area contributed by atoms with Gasteiger partial charge in [-0.05, 0) is 27.8 Å². The topological polar surface area (TPSA) is 20.2 Å². The lowest BCUT2D eigenvalue weighted by Gasteiger charge is -2.12. The minimum Gasteiger partial charge on any atom is -0.392 e. The van der Waals surface area contributed by atoms with E-state index in [-0.39, 0.29) is 6.61 Å². The van der Waals surface area contributed by atoms with Gasteiger partial charge in [0.05, 0.1) is 6.61 Å². The molecule has 0 heterocycles. The van der Waals surface area contributed by atoms with Crippen LogP contribution in [-0.2, 0) is 6.61 Å². The average molecular weight is 200 g/mol. The molecule has 0 bridgehead atoms. The average Bonchev–Trinajstić information content (AvgIpc) is 2.27. The zero-order valence-electron chi connectivity index (χ0n) is 9.20. The second-order valence-electron chi connectivity index (χ2n) is 4.18. The van der Waals surface area contributed by atoms with Gasteiger partial charge in [0.15, 0.2) is 0 Å². The zero-order chi connectivity index (χ0) is 10.8. The molecule has 1 nitrogen and oxygen atoms in total. The number of rotatable bonds is 2. The van der Waals surface area contributed by atoms with Crippen LogP contribution >= 0.6 is 0 Å². The molecule has 15 heavy (non-hydrogen) atoms. The van der Waals surface area contributed by atoms with E-state index in [1.807, 2.05) is 12.1 Å². The molecule has 0 aliphatic rings. The molecule has 0 amide bonds. The Hall–Kier alpha value is -1.34. The van der Waals surface area contributed by atoms with Crippen LogP contribution in [0.2, 0.25) is 0 Å². The van der Waals surface area contributed by atoms with Gasteiger partial charge in [0.1, 0.15) is 0 Å². The Balaban J connectivity index is 2.81. The molecule has 0 aromatic heterocycles. The summed E-state index contributed by atoms with van der Waals surface area (Å²) in [6, 6.07) is 12.4. The minimum absolute atomic E-state index is 0.112. The molecule has 0 aliphatic heterocycles. The summed E-state index contributed by atoms with van der Waals surface area (Å²) >= 11 is 0. The number of hydrogen-bond donors (Lipinski definition) is 1. The van der Waals surface area contributed by atoms with Crippen molar-refractivity contribution in [1.29, 1.82) is 0 Å². The molecule has 0 radical (unpaired) electrons. The Kier molecular flexibility index (Phi) is 2.74. The number of hydrogen-bond acceptors (Lipinski definition) is 1. The summed E-state index contributed by atoms with van der Waals surface area (Å²) < 4.78 is 0. The minimum atomic E-state index is 0.112. The van der Waals surface area contributed by atoms with Crippen molar-refractivity contribution in [1.82, 2.24) is 0 Å². The molecule has 1 heteroatoms. The number of aliphatic hydroxyl groups excluding tert-OH is 1. The molecule has 0 spiro atoms. The van der Waals surface area contributed by atoms with Crippen molar-refractivity contribution in [3.63, 3.8) is 0 Å². The van der Waals surface area contributed by atoms with Crippen LogP contribution in [0.25, 0.3) is 10.8 Å². The largest absolute Gasteiger partial charge is 0.392 e. The predicted octanol–water partition coefficient (Wildman–Crippen LogP) is 3.46. The van der Waals surface area contributed by atoms with E-state index in [2.05, 4.69) is 38.1 Å². The van der Waals surface area contributed by atoms with Gasteiger partial charge >= 0.3 is 0 Å². The first-order valence-corrected chi connectivity index (χ1v) is 5.35. The van der Waals surface area contributed by atoms with Gasteiger partial charge in [-0.15, -0.1) is 0 Å². The highest BCUT2D eigenvalue weighted by molar-refractivity contribution is 5.89. The molecule has 78 valence electrons. The zero-order valence-corrected chi connectivity index (χ0v) is 9.20. The predicted molar refractivity (Wildman–Crippen MR) is 64.0 cm³/mol. The van der Waals surface area contributed by atoms with Crippen LogP contribution in [0.5, 0.6) is 0 Å². The van der Waals surface area contributed by atoms with Crippen LogP contribution in [0.1, 0.15) is 30.9 Å². The van der Waals surface area contributed by atoms with E-state index in [1.54, 1.807) is 0 Å². The molecule has 0 saturated carbocycles. The van der Waals surface area contributed by atoms with Gasteiger partial charge < -0.3 is 5.11 Å². The summed E-state index contributed by atoms with van der Waals surface area (Å²) in [7, 11) is 0. The molecule has 2 rings (SSSR count). The SMILES string of the molecule is CC(C)c1cccc2cccc(CO)c12. The fourth-order valence-electron chi connectivity index (χ4n) is 2.06. The van der Waals surface area contributed by atoms with E-state index in [4.69, 9.17) is 0 Å². The molecular formula is C14H16O. The van der Waals surface area contributed by atoms with Crippen LogP contribution < -0.4 is 0 Å². The van der Waals surface area contributed by atoms with Crippen LogP contribution in [0.3, 0.4) is 0 Å². The van der Waals surface area contributed by atoms with Crippen molar-refractivity contribution >= 4 is 10.8 Å². The standard InChI is InChI=1S/C14H16O/c1-10(2)13-8-4-6-11-5-3-7-12(9-15)14(11)13/h3-8,10,15H,9H2,1-2H3. The van der Waals surface area contributed by atoms with E-state index in [9.17, 15) is 5.11 Å². The fraction of sp³-hybridized carbons (Fsp3) is 0.286. The maximum atomic E-state index is 9.34. The van der Waals surface area contributed by atoms with Gasteiger partial charge in [-0.3, -0.25) is 0 Å². The van der Waals surface area contributed by atoms with Gasteiger partial charge in [-0.25, -0.2) is 0 Å². The summed E-state index contributed by atoms with van der Waals surface area (Å²) in [5.41, 5.74) is 2.34. The third-order valence-corrected chi connectivity index (χ3v) is 2.82. The quantitative estimate of drug-likeness (QED) is 0.787. The number of benzene rings is 2. The summed E-state index contributed by atoms with van der Waals surface area (Å²) in [5, 5.41) is 11.8. The van der Waals surface area contributed by atoms with E-state index in [1.165, 1.54) is 16.3 Å². The molecule has 0 aliphatic carbocycles. The van der Waals surface area contributed by atoms with Crippen LogP contribution in [0, 0.1) is 0 Å². The Morgan fingerprint density at radius 1 is 1.07 bits per heavy atom. The van der Waals surface area contributed by atoms with E-state index < -0.39 is 0 Å². The summed E-state index contributed by atoms with van der Waals surface area (Å²) in [5.74, 6) is 0.487. The lowest BCUT2D eigenvalue weighted by atomic mass is 9.93. The summed E-state index contributed by atoms with van der Waals surface area (Å²) in [6.45, 7) is 4.48. The second kappa shape index (κ2) is 4.03. The summed E-state index contributed by atoms with van der Waals surface area (Å²) in [4.78, 5) is 0. The second-order valence-corrected chi connectivity index (χ2v) is 4.18. The fourth-order valence-corrected chi connectivity index (χ4v) is 2.06. The van der Waals surface area contributed by atoms with Crippen LogP contribution in [0.15, 0.2) is 36.4 Å². The molecule has 2 aromatic rings. The molecule has 2 aromatic carbocycles. The lowest BCUT2D eigenvalue weighted by molar-refractivity contribution is 0.283. The summed E-state index contributed by atoms with van der Waals surface area (Å²) in [6.07, 6.45) is 0.